The summed E-state index contributed by atoms with van der Waals surface area (Å²) >= 11 is 0. The van der Waals surface area contributed by atoms with E-state index < -0.39 is 10.0 Å². The molecule has 1 aromatic rings. The van der Waals surface area contributed by atoms with Crippen LogP contribution in [0.5, 0.6) is 0 Å². The zero-order valence-corrected chi connectivity index (χ0v) is 15.2. The molecule has 2 N–H and O–H groups in total. The third kappa shape index (κ3) is 4.78. The lowest BCUT2D eigenvalue weighted by molar-refractivity contribution is 0.0773. The Morgan fingerprint density at radius 1 is 1.25 bits per heavy atom. The number of sulfonamides is 1. The molecule has 0 radical (unpaired) electrons. The first kappa shape index (κ1) is 18.9. The number of amides is 1. The zero-order valence-electron chi connectivity index (χ0n) is 14.4. The topological polar surface area (TPSA) is 78.5 Å². The van der Waals surface area contributed by atoms with Crippen LogP contribution in [0.25, 0.3) is 0 Å². The molecule has 1 atom stereocenters. The van der Waals surface area contributed by atoms with E-state index in [0.717, 1.165) is 25.9 Å². The normalized spacial score (nSPS) is 17.8. The molecule has 1 aliphatic rings. The largest absolute Gasteiger partial charge is 0.339 e. The molecule has 2 rings (SSSR count). The smallest absolute Gasteiger partial charge is 0.253 e. The van der Waals surface area contributed by atoms with Gasteiger partial charge in [0.25, 0.3) is 5.91 Å². The molecule has 24 heavy (non-hydrogen) atoms. The molecule has 134 valence electrons. The fourth-order valence-electron chi connectivity index (χ4n) is 2.91. The van der Waals surface area contributed by atoms with E-state index >= 15 is 0 Å². The van der Waals surface area contributed by atoms with Crippen molar-refractivity contribution in [1.82, 2.24) is 14.9 Å². The fraction of sp³-hybridized carbons (Fsp3) is 0.588. The minimum absolute atomic E-state index is 0.0781. The van der Waals surface area contributed by atoms with Crippen LogP contribution in [0.1, 0.15) is 37.0 Å². The summed E-state index contributed by atoms with van der Waals surface area (Å²) in [5.41, 5.74) is 0.509. The highest BCUT2D eigenvalue weighted by Gasteiger charge is 2.18. The third-order valence-electron chi connectivity index (χ3n) is 4.47. The van der Waals surface area contributed by atoms with Crippen molar-refractivity contribution in [3.05, 3.63) is 29.8 Å². The summed E-state index contributed by atoms with van der Waals surface area (Å²) in [5, 5.41) is 3.27. The van der Waals surface area contributed by atoms with Crippen molar-refractivity contribution < 1.29 is 13.2 Å². The number of benzene rings is 1. The van der Waals surface area contributed by atoms with Crippen molar-refractivity contribution in [2.75, 3.05) is 32.7 Å². The third-order valence-corrected chi connectivity index (χ3v) is 5.95. The second-order valence-corrected chi connectivity index (χ2v) is 7.81. The lowest BCUT2D eigenvalue weighted by Crippen LogP contribution is -2.30. The van der Waals surface area contributed by atoms with Gasteiger partial charge in [-0.1, -0.05) is 0 Å². The van der Waals surface area contributed by atoms with Crippen molar-refractivity contribution >= 4 is 15.9 Å². The minimum Gasteiger partial charge on any atom is -0.339 e. The van der Waals surface area contributed by atoms with Crippen molar-refractivity contribution in [3.8, 4) is 0 Å². The summed E-state index contributed by atoms with van der Waals surface area (Å²) in [6.07, 6.45) is 1.94. The molecule has 0 saturated carbocycles. The van der Waals surface area contributed by atoms with E-state index in [1.54, 1.807) is 17.0 Å². The van der Waals surface area contributed by atoms with Crippen molar-refractivity contribution in [2.24, 2.45) is 5.92 Å². The molecule has 0 bridgehead atoms. The number of rotatable bonds is 8. The number of hydrogen-bond donors (Lipinski definition) is 2. The van der Waals surface area contributed by atoms with E-state index in [4.69, 9.17) is 0 Å². The van der Waals surface area contributed by atoms with E-state index in [2.05, 4.69) is 10.0 Å². The minimum atomic E-state index is -3.52. The molecule has 0 aliphatic carbocycles. The molecule has 0 spiro atoms. The van der Waals surface area contributed by atoms with Gasteiger partial charge in [-0.05, 0) is 70.0 Å². The number of carbonyl (C=O) groups excluding carboxylic acids is 1. The summed E-state index contributed by atoms with van der Waals surface area (Å²) in [5.74, 6) is 0.465. The summed E-state index contributed by atoms with van der Waals surface area (Å²) < 4.78 is 27.3. The Hall–Kier alpha value is -1.44. The van der Waals surface area contributed by atoms with Crippen molar-refractivity contribution in [2.45, 2.75) is 31.6 Å². The quantitative estimate of drug-likeness (QED) is 0.741. The Kier molecular flexibility index (Phi) is 6.77. The van der Waals surface area contributed by atoms with Crippen molar-refractivity contribution in [3.63, 3.8) is 0 Å². The summed E-state index contributed by atoms with van der Waals surface area (Å²) in [6.45, 7) is 7.52. The highest BCUT2D eigenvalue weighted by Crippen LogP contribution is 2.14. The summed E-state index contributed by atoms with van der Waals surface area (Å²) in [6, 6.07) is 6.15. The fourth-order valence-corrected chi connectivity index (χ4v) is 3.96. The van der Waals surface area contributed by atoms with Gasteiger partial charge >= 0.3 is 0 Å². The number of nitrogens with one attached hydrogen (secondary N) is 2. The molecule has 1 aliphatic heterocycles. The first-order chi connectivity index (χ1) is 11.5. The molecular formula is C17H27N3O3S. The highest BCUT2D eigenvalue weighted by atomic mass is 32.2. The monoisotopic (exact) mass is 353 g/mol. The van der Waals surface area contributed by atoms with Gasteiger partial charge in [0.1, 0.15) is 0 Å². The molecule has 1 heterocycles. The SMILES string of the molecule is CCN(CC)C(=O)c1ccc(S(=O)(=O)NCCC2CCNC2)cc1. The predicted molar refractivity (Wildman–Crippen MR) is 94.5 cm³/mol. The first-order valence-corrected chi connectivity index (χ1v) is 10.1. The number of hydrogen-bond acceptors (Lipinski definition) is 4. The van der Waals surface area contributed by atoms with Crippen molar-refractivity contribution in [1.29, 1.82) is 0 Å². The molecular weight excluding hydrogens is 326 g/mol. The molecule has 1 unspecified atom stereocenters. The second kappa shape index (κ2) is 8.60. The van der Waals surface area contributed by atoms with Gasteiger partial charge in [-0.15, -0.1) is 0 Å². The van der Waals surface area contributed by atoms with Gasteiger partial charge < -0.3 is 10.2 Å². The molecule has 7 heteroatoms. The van der Waals surface area contributed by atoms with Gasteiger partial charge in [0.2, 0.25) is 10.0 Å². The molecule has 6 nitrogen and oxygen atoms in total. The zero-order chi connectivity index (χ0) is 17.6. The first-order valence-electron chi connectivity index (χ1n) is 8.57. The molecule has 1 saturated heterocycles. The number of nitrogens with zero attached hydrogens (tertiary/aromatic N) is 1. The Morgan fingerprint density at radius 3 is 2.46 bits per heavy atom. The van der Waals surface area contributed by atoms with Gasteiger partial charge in [0, 0.05) is 25.2 Å². The van der Waals surface area contributed by atoms with Crippen LogP contribution in [0.2, 0.25) is 0 Å². The van der Waals surface area contributed by atoms with Gasteiger partial charge in [-0.3, -0.25) is 4.79 Å². The van der Waals surface area contributed by atoms with Crippen LogP contribution >= 0.6 is 0 Å². The second-order valence-electron chi connectivity index (χ2n) is 6.05. The van der Waals surface area contributed by atoms with Gasteiger partial charge in [-0.2, -0.15) is 0 Å². The average molecular weight is 353 g/mol. The van der Waals surface area contributed by atoms with Crippen LogP contribution < -0.4 is 10.0 Å². The Morgan fingerprint density at radius 2 is 1.92 bits per heavy atom. The van der Waals surface area contributed by atoms with Crippen LogP contribution in [-0.4, -0.2) is 51.9 Å². The molecule has 1 amide bonds. The molecule has 1 fully saturated rings. The van der Waals surface area contributed by atoms with Crippen LogP contribution in [0.3, 0.4) is 0 Å². The highest BCUT2D eigenvalue weighted by molar-refractivity contribution is 7.89. The van der Waals surface area contributed by atoms with E-state index in [-0.39, 0.29) is 10.8 Å². The standard InChI is InChI=1S/C17H27N3O3S/c1-3-20(4-2)17(21)15-5-7-16(8-6-15)24(22,23)19-12-10-14-9-11-18-13-14/h5-8,14,18-19H,3-4,9-13H2,1-2H3. The van der Waals surface area contributed by atoms with Crippen LogP contribution in [0.15, 0.2) is 29.2 Å². The van der Waals surface area contributed by atoms with E-state index in [1.807, 2.05) is 13.8 Å². The van der Waals surface area contributed by atoms with E-state index in [9.17, 15) is 13.2 Å². The van der Waals surface area contributed by atoms with E-state index in [1.165, 1.54) is 12.1 Å². The van der Waals surface area contributed by atoms with Crippen LogP contribution in [0, 0.1) is 5.92 Å². The summed E-state index contributed by atoms with van der Waals surface area (Å²) in [7, 11) is -3.52. The van der Waals surface area contributed by atoms with E-state index in [0.29, 0.717) is 31.1 Å². The van der Waals surface area contributed by atoms with Crippen LogP contribution in [0.4, 0.5) is 0 Å². The average Bonchev–Trinajstić information content (AvgIpc) is 3.09. The number of carbonyl (C=O) groups is 1. The van der Waals surface area contributed by atoms with Gasteiger partial charge in [0.15, 0.2) is 0 Å². The lowest BCUT2D eigenvalue weighted by atomic mass is 10.1. The molecule has 0 aromatic heterocycles. The maximum atomic E-state index is 12.3. The Balaban J connectivity index is 1.96. The van der Waals surface area contributed by atoms with Crippen LogP contribution in [-0.2, 0) is 10.0 Å². The maximum absolute atomic E-state index is 12.3. The predicted octanol–water partition coefficient (Wildman–Crippen LogP) is 1.45. The Labute approximate surface area is 144 Å². The van der Waals surface area contributed by atoms with Gasteiger partial charge in [0.05, 0.1) is 4.90 Å². The van der Waals surface area contributed by atoms with Gasteiger partial charge in [-0.25, -0.2) is 13.1 Å². The molecule has 1 aromatic carbocycles. The lowest BCUT2D eigenvalue weighted by Gasteiger charge is -2.18. The maximum Gasteiger partial charge on any atom is 0.253 e. The summed E-state index contributed by atoms with van der Waals surface area (Å²) in [4.78, 5) is 14.1. The Bertz CT molecular complexity index is 634.